The quantitative estimate of drug-likeness (QED) is 0.876. The van der Waals surface area contributed by atoms with Crippen molar-refractivity contribution < 1.29 is 0 Å². The fourth-order valence-corrected chi connectivity index (χ4v) is 1.59. The van der Waals surface area contributed by atoms with Gasteiger partial charge in [-0.05, 0) is 32.0 Å². The molecule has 17 heavy (non-hydrogen) atoms. The van der Waals surface area contributed by atoms with Crippen LogP contribution in [-0.4, -0.2) is 15.8 Å². The first kappa shape index (κ1) is 11.4. The highest BCUT2D eigenvalue weighted by Gasteiger charge is 2.06. The molecule has 4 heteroatoms. The van der Waals surface area contributed by atoms with E-state index in [4.69, 9.17) is 0 Å². The van der Waals surface area contributed by atoms with Gasteiger partial charge in [0.05, 0.1) is 11.9 Å². The van der Waals surface area contributed by atoms with Gasteiger partial charge in [0.2, 0.25) is 0 Å². The zero-order chi connectivity index (χ0) is 12.3. The van der Waals surface area contributed by atoms with E-state index >= 15 is 0 Å². The lowest BCUT2D eigenvalue weighted by Gasteiger charge is -2.10. The zero-order valence-corrected chi connectivity index (χ0v) is 9.92. The van der Waals surface area contributed by atoms with Crippen LogP contribution in [-0.2, 0) is 0 Å². The number of anilines is 1. The van der Waals surface area contributed by atoms with Crippen molar-refractivity contribution in [3.8, 4) is 5.69 Å². The van der Waals surface area contributed by atoms with Crippen molar-refractivity contribution in [3.05, 3.63) is 52.9 Å². The van der Waals surface area contributed by atoms with Gasteiger partial charge < -0.3 is 5.32 Å². The van der Waals surface area contributed by atoms with E-state index in [1.807, 2.05) is 44.2 Å². The van der Waals surface area contributed by atoms with Gasteiger partial charge in [-0.25, -0.2) is 0 Å². The van der Waals surface area contributed by atoms with Crippen LogP contribution in [0.5, 0.6) is 0 Å². The summed E-state index contributed by atoms with van der Waals surface area (Å²) >= 11 is 0. The Morgan fingerprint density at radius 3 is 2.53 bits per heavy atom. The second-order valence-corrected chi connectivity index (χ2v) is 4.10. The number of hydrogen-bond acceptors (Lipinski definition) is 3. The topological polar surface area (TPSA) is 46.9 Å². The minimum absolute atomic E-state index is 0.132. The minimum atomic E-state index is -0.132. The summed E-state index contributed by atoms with van der Waals surface area (Å²) in [5.41, 5.74) is 1.20. The molecular weight excluding hydrogens is 214 g/mol. The van der Waals surface area contributed by atoms with Gasteiger partial charge in [0.15, 0.2) is 0 Å². The van der Waals surface area contributed by atoms with Crippen LogP contribution in [0.15, 0.2) is 47.4 Å². The zero-order valence-electron chi connectivity index (χ0n) is 9.92. The molecule has 0 saturated heterocycles. The molecule has 1 aromatic carbocycles. The van der Waals surface area contributed by atoms with Gasteiger partial charge in [-0.1, -0.05) is 18.2 Å². The fourth-order valence-electron chi connectivity index (χ4n) is 1.59. The molecule has 0 atom stereocenters. The highest BCUT2D eigenvalue weighted by molar-refractivity contribution is 5.42. The van der Waals surface area contributed by atoms with Gasteiger partial charge in [0, 0.05) is 6.04 Å². The summed E-state index contributed by atoms with van der Waals surface area (Å²) in [6.07, 6.45) is 1.62. The van der Waals surface area contributed by atoms with E-state index in [1.165, 1.54) is 4.68 Å². The molecule has 0 aliphatic rings. The Labute approximate surface area is 99.9 Å². The van der Waals surface area contributed by atoms with Gasteiger partial charge in [-0.15, -0.1) is 0 Å². The normalized spacial score (nSPS) is 10.5. The smallest absolute Gasteiger partial charge is 0.294 e. The minimum Gasteiger partial charge on any atom is -0.378 e. The molecule has 0 spiro atoms. The molecule has 1 aromatic heterocycles. The van der Waals surface area contributed by atoms with Crippen LogP contribution in [0.4, 0.5) is 5.69 Å². The molecule has 4 nitrogen and oxygen atoms in total. The lowest BCUT2D eigenvalue weighted by atomic mass is 10.3. The van der Waals surface area contributed by atoms with Crippen LogP contribution < -0.4 is 10.9 Å². The summed E-state index contributed by atoms with van der Waals surface area (Å²) < 4.78 is 1.39. The molecular formula is C13H15N3O. The van der Waals surface area contributed by atoms with Crippen LogP contribution in [0.1, 0.15) is 13.8 Å². The summed E-state index contributed by atoms with van der Waals surface area (Å²) in [5, 5.41) is 7.19. The summed E-state index contributed by atoms with van der Waals surface area (Å²) in [5.74, 6) is 0. The fraction of sp³-hybridized carbons (Fsp3) is 0.231. The molecule has 0 radical (unpaired) electrons. The maximum Gasteiger partial charge on any atom is 0.294 e. The van der Waals surface area contributed by atoms with Crippen molar-refractivity contribution in [1.29, 1.82) is 0 Å². The molecule has 1 N–H and O–H groups in total. The highest BCUT2D eigenvalue weighted by Crippen LogP contribution is 2.05. The molecule has 2 rings (SSSR count). The van der Waals surface area contributed by atoms with Crippen LogP contribution in [0.2, 0.25) is 0 Å². The number of hydrogen-bond donors (Lipinski definition) is 1. The first-order valence-corrected chi connectivity index (χ1v) is 5.59. The average Bonchev–Trinajstić information content (AvgIpc) is 2.32. The van der Waals surface area contributed by atoms with E-state index in [9.17, 15) is 4.79 Å². The van der Waals surface area contributed by atoms with Gasteiger partial charge in [-0.2, -0.15) is 9.78 Å². The lowest BCUT2D eigenvalue weighted by molar-refractivity contribution is 0.798. The molecule has 0 fully saturated rings. The van der Waals surface area contributed by atoms with Crippen molar-refractivity contribution in [1.82, 2.24) is 9.78 Å². The van der Waals surface area contributed by atoms with E-state index in [2.05, 4.69) is 10.4 Å². The van der Waals surface area contributed by atoms with Crippen molar-refractivity contribution >= 4 is 5.69 Å². The third-order valence-electron chi connectivity index (χ3n) is 2.29. The van der Waals surface area contributed by atoms with Crippen molar-refractivity contribution in [3.63, 3.8) is 0 Å². The van der Waals surface area contributed by atoms with Crippen LogP contribution in [0, 0.1) is 0 Å². The SMILES string of the molecule is CC(C)Nc1ccnn(-c2ccccc2)c1=O. The summed E-state index contributed by atoms with van der Waals surface area (Å²) in [4.78, 5) is 12.1. The van der Waals surface area contributed by atoms with E-state index in [1.54, 1.807) is 12.3 Å². The Morgan fingerprint density at radius 1 is 1.18 bits per heavy atom. The molecule has 0 unspecified atom stereocenters. The van der Waals surface area contributed by atoms with Crippen molar-refractivity contribution in [2.24, 2.45) is 0 Å². The molecule has 88 valence electrons. The monoisotopic (exact) mass is 229 g/mol. The standard InChI is InChI=1S/C13H15N3O/c1-10(2)15-12-8-9-14-16(13(12)17)11-6-4-3-5-7-11/h3-10,15H,1-2H3. The maximum atomic E-state index is 12.1. The summed E-state index contributed by atoms with van der Waals surface area (Å²) in [6, 6.07) is 11.3. The van der Waals surface area contributed by atoms with Gasteiger partial charge in [0.25, 0.3) is 5.56 Å². The molecule has 0 aliphatic carbocycles. The van der Waals surface area contributed by atoms with E-state index in [0.29, 0.717) is 5.69 Å². The number of nitrogens with one attached hydrogen (secondary N) is 1. The second kappa shape index (κ2) is 4.82. The van der Waals surface area contributed by atoms with Crippen LogP contribution in [0.25, 0.3) is 5.69 Å². The average molecular weight is 229 g/mol. The first-order valence-electron chi connectivity index (χ1n) is 5.59. The number of rotatable bonds is 3. The molecule has 0 aliphatic heterocycles. The first-order chi connectivity index (χ1) is 8.18. The third kappa shape index (κ3) is 2.53. The van der Waals surface area contributed by atoms with E-state index in [0.717, 1.165) is 5.69 Å². The Hall–Kier alpha value is -2.10. The number of nitrogens with zero attached hydrogens (tertiary/aromatic N) is 2. The van der Waals surface area contributed by atoms with Crippen LogP contribution in [0.3, 0.4) is 0 Å². The number of para-hydroxylation sites is 1. The van der Waals surface area contributed by atoms with E-state index < -0.39 is 0 Å². The van der Waals surface area contributed by atoms with Gasteiger partial charge in [-0.3, -0.25) is 4.79 Å². The number of benzene rings is 1. The summed E-state index contributed by atoms with van der Waals surface area (Å²) in [7, 11) is 0. The van der Waals surface area contributed by atoms with Gasteiger partial charge in [0.1, 0.15) is 5.69 Å². The predicted octanol–water partition coefficient (Wildman–Crippen LogP) is 2.05. The highest BCUT2D eigenvalue weighted by atomic mass is 16.1. The Bertz CT molecular complexity index is 546. The Kier molecular flexibility index (Phi) is 3.23. The maximum absolute atomic E-state index is 12.1. The van der Waals surface area contributed by atoms with Crippen molar-refractivity contribution in [2.75, 3.05) is 5.32 Å². The molecule has 2 aromatic rings. The largest absolute Gasteiger partial charge is 0.378 e. The molecule has 0 saturated carbocycles. The molecule has 1 heterocycles. The van der Waals surface area contributed by atoms with Crippen molar-refractivity contribution in [2.45, 2.75) is 19.9 Å². The van der Waals surface area contributed by atoms with E-state index in [-0.39, 0.29) is 11.6 Å². The lowest BCUT2D eigenvalue weighted by Crippen LogP contribution is -2.26. The molecule has 0 bridgehead atoms. The molecule has 0 amide bonds. The van der Waals surface area contributed by atoms with Crippen LogP contribution >= 0.6 is 0 Å². The number of aromatic nitrogens is 2. The Morgan fingerprint density at radius 2 is 1.88 bits per heavy atom. The van der Waals surface area contributed by atoms with Gasteiger partial charge >= 0.3 is 0 Å². The third-order valence-corrected chi connectivity index (χ3v) is 2.29. The predicted molar refractivity (Wildman–Crippen MR) is 68.6 cm³/mol. The Balaban J connectivity index is 2.47. The second-order valence-electron chi connectivity index (χ2n) is 4.10. The summed E-state index contributed by atoms with van der Waals surface area (Å²) in [6.45, 7) is 3.99.